The summed E-state index contributed by atoms with van der Waals surface area (Å²) in [6, 6.07) is 6.55. The van der Waals surface area contributed by atoms with Crippen LogP contribution in [0.4, 0.5) is 5.69 Å². The summed E-state index contributed by atoms with van der Waals surface area (Å²) in [7, 11) is 0. The van der Waals surface area contributed by atoms with Crippen molar-refractivity contribution in [3.05, 3.63) is 123 Å². The molecule has 0 saturated heterocycles. The van der Waals surface area contributed by atoms with Crippen LogP contribution < -0.4 is 5.32 Å². The third kappa shape index (κ3) is 6.73. The molecule has 0 aromatic heterocycles. The highest BCUT2D eigenvalue weighted by atomic mass is 35.5. The molecule has 225 valence electrons. The maximum absolute atomic E-state index is 13.3. The van der Waals surface area contributed by atoms with Crippen LogP contribution in [0, 0.1) is 5.92 Å². The molecule has 0 fully saturated rings. The van der Waals surface area contributed by atoms with Crippen molar-refractivity contribution in [2.75, 3.05) is 5.32 Å². The van der Waals surface area contributed by atoms with Gasteiger partial charge in [-0.15, -0.1) is 12.6 Å². The lowest BCUT2D eigenvalue weighted by Gasteiger charge is -2.28. The van der Waals surface area contributed by atoms with E-state index in [-0.39, 0.29) is 98.5 Å². The highest BCUT2D eigenvalue weighted by molar-refractivity contribution is 7.80. The zero-order valence-electron chi connectivity index (χ0n) is 20.0. The first kappa shape index (κ1) is 36.6. The van der Waals surface area contributed by atoms with Gasteiger partial charge in [-0.2, -0.15) is 0 Å². The van der Waals surface area contributed by atoms with Crippen LogP contribution in [-0.4, -0.2) is 5.91 Å². The summed E-state index contributed by atoms with van der Waals surface area (Å²) in [5, 5.41) is -0.564. The summed E-state index contributed by atoms with van der Waals surface area (Å²) in [6.07, 6.45) is 0. The Bertz CT molecular complexity index is 1670. The van der Waals surface area contributed by atoms with Gasteiger partial charge < -0.3 is 5.32 Å². The van der Waals surface area contributed by atoms with Crippen LogP contribution in [-0.2, 0) is 0 Å². The van der Waals surface area contributed by atoms with Gasteiger partial charge in [0.1, 0.15) is 0 Å². The van der Waals surface area contributed by atoms with Gasteiger partial charge in [-0.3, -0.25) is 4.79 Å². The number of anilines is 1. The van der Waals surface area contributed by atoms with E-state index in [2.05, 4.69) is 17.9 Å². The molecule has 0 aliphatic heterocycles. The molecule has 4 aromatic carbocycles. The Morgan fingerprint density at radius 3 is 1.00 bits per heavy atom. The topological polar surface area (TPSA) is 29.1 Å². The standard InChI is InChI=1S/C26H6Cl14NOS/c27-12-8(13(28)19(34)11(18(12)33)26(42)41-5-1-3-6(43)4-2-5)7(9-14(29)20(35)24(39)21(36)15(9)30)10-16(31)22(37)25(40)23(38)17(10)32/h1-4,43H,(H,41,42). The Hall–Kier alpha value is 0.760. The third-order valence-electron chi connectivity index (χ3n) is 5.79. The van der Waals surface area contributed by atoms with Crippen LogP contribution >= 0.6 is 175 Å². The number of halogens is 14. The van der Waals surface area contributed by atoms with Crippen LogP contribution in [0.25, 0.3) is 0 Å². The molecule has 4 aromatic rings. The molecule has 1 radical (unpaired) electrons. The molecule has 17 heteroatoms. The van der Waals surface area contributed by atoms with Gasteiger partial charge in [-0.05, 0) is 24.3 Å². The number of thiol groups is 1. The molecule has 1 N–H and O–H groups in total. The van der Waals surface area contributed by atoms with E-state index in [1.807, 2.05) is 0 Å². The van der Waals surface area contributed by atoms with Crippen molar-refractivity contribution in [3.8, 4) is 0 Å². The minimum absolute atomic E-state index is 0.110. The van der Waals surface area contributed by atoms with Crippen molar-refractivity contribution in [2.24, 2.45) is 0 Å². The van der Waals surface area contributed by atoms with Crippen LogP contribution in [0.15, 0.2) is 29.2 Å². The molecule has 43 heavy (non-hydrogen) atoms. The maximum Gasteiger partial charge on any atom is 0.258 e. The summed E-state index contributed by atoms with van der Waals surface area (Å²) in [6.45, 7) is 0. The molecule has 0 unspecified atom stereocenters. The van der Waals surface area contributed by atoms with Crippen LogP contribution in [0.5, 0.6) is 0 Å². The second kappa shape index (κ2) is 14.5. The van der Waals surface area contributed by atoms with Crippen molar-refractivity contribution >= 4 is 187 Å². The van der Waals surface area contributed by atoms with Crippen molar-refractivity contribution in [3.63, 3.8) is 0 Å². The molecule has 0 spiro atoms. The molecule has 4 rings (SSSR count). The number of hydrogen-bond donors (Lipinski definition) is 2. The van der Waals surface area contributed by atoms with E-state index >= 15 is 0 Å². The third-order valence-corrected chi connectivity index (χ3v) is 12.3. The van der Waals surface area contributed by atoms with Crippen LogP contribution in [0.1, 0.15) is 27.0 Å². The fourth-order valence-corrected chi connectivity index (χ4v) is 7.83. The van der Waals surface area contributed by atoms with E-state index < -0.39 is 5.91 Å². The molecule has 1 amide bonds. The fraction of sp³-hybridized carbons (Fsp3) is 0. The van der Waals surface area contributed by atoms with Crippen LogP contribution in [0.2, 0.25) is 70.3 Å². The van der Waals surface area contributed by atoms with Gasteiger partial charge in [0.25, 0.3) is 5.91 Å². The smallest absolute Gasteiger partial charge is 0.258 e. The summed E-state index contributed by atoms with van der Waals surface area (Å²) in [4.78, 5) is 14.0. The SMILES string of the molecule is O=C(Nc1ccc(S)cc1)c1c(Cl)c(Cl)c([C](c2c(Cl)c(Cl)c(Cl)c(Cl)c2Cl)c2c(Cl)c(Cl)c(Cl)c(Cl)c2Cl)c(Cl)c1Cl. The highest BCUT2D eigenvalue weighted by Gasteiger charge is 2.38. The average Bonchev–Trinajstić information content (AvgIpc) is 2.97. The second-order valence-electron chi connectivity index (χ2n) is 8.27. The van der Waals surface area contributed by atoms with E-state index in [1.54, 1.807) is 24.3 Å². The van der Waals surface area contributed by atoms with Crippen molar-refractivity contribution in [1.82, 2.24) is 0 Å². The van der Waals surface area contributed by atoms with Crippen molar-refractivity contribution in [2.45, 2.75) is 4.90 Å². The Labute approximate surface area is 320 Å². The van der Waals surface area contributed by atoms with Crippen LogP contribution in [0.3, 0.4) is 0 Å². The number of amides is 1. The predicted octanol–water partition coefficient (Wildman–Crippen LogP) is 15.4. The van der Waals surface area contributed by atoms with E-state index in [9.17, 15) is 4.79 Å². The molecule has 0 atom stereocenters. The average molecular weight is 877 g/mol. The minimum Gasteiger partial charge on any atom is -0.322 e. The zero-order valence-corrected chi connectivity index (χ0v) is 31.4. The molecule has 0 aliphatic carbocycles. The number of rotatable bonds is 5. The first-order valence-corrected chi connectivity index (χ1v) is 16.6. The van der Waals surface area contributed by atoms with Gasteiger partial charge in [-0.1, -0.05) is 162 Å². The van der Waals surface area contributed by atoms with E-state index in [0.29, 0.717) is 10.6 Å². The first-order chi connectivity index (χ1) is 20.0. The van der Waals surface area contributed by atoms with Gasteiger partial charge in [-0.25, -0.2) is 0 Å². The van der Waals surface area contributed by atoms with E-state index in [1.165, 1.54) is 0 Å². The molecule has 0 heterocycles. The van der Waals surface area contributed by atoms with Gasteiger partial charge in [0.05, 0.1) is 81.8 Å². The number of benzene rings is 4. The van der Waals surface area contributed by atoms with Gasteiger partial charge in [0.15, 0.2) is 0 Å². The maximum atomic E-state index is 13.3. The first-order valence-electron chi connectivity index (χ1n) is 10.9. The van der Waals surface area contributed by atoms with Crippen molar-refractivity contribution in [1.29, 1.82) is 0 Å². The second-order valence-corrected chi connectivity index (χ2v) is 14.1. The van der Waals surface area contributed by atoms with Crippen molar-refractivity contribution < 1.29 is 4.79 Å². The zero-order chi connectivity index (χ0) is 32.2. The van der Waals surface area contributed by atoms with Gasteiger partial charge in [0, 0.05) is 27.3 Å². The Kier molecular flexibility index (Phi) is 12.3. The highest BCUT2D eigenvalue weighted by Crippen LogP contribution is 2.57. The predicted molar refractivity (Wildman–Crippen MR) is 192 cm³/mol. The number of nitrogens with one attached hydrogen (secondary N) is 1. The Morgan fingerprint density at radius 2 is 0.674 bits per heavy atom. The molecule has 0 bridgehead atoms. The monoisotopic (exact) mass is 870 g/mol. The molecule has 2 nitrogen and oxygen atoms in total. The number of hydrogen-bond acceptors (Lipinski definition) is 2. The number of carbonyl (C=O) groups is 1. The lowest BCUT2D eigenvalue weighted by molar-refractivity contribution is 0.102. The van der Waals surface area contributed by atoms with E-state index in [4.69, 9.17) is 162 Å². The molecular formula is C26H6Cl14NOS. The summed E-state index contributed by atoms with van der Waals surface area (Å²) >= 11 is 96.0. The minimum atomic E-state index is -0.735. The number of carbonyl (C=O) groups excluding carboxylic acids is 1. The largest absolute Gasteiger partial charge is 0.322 e. The van der Waals surface area contributed by atoms with E-state index in [0.717, 1.165) is 0 Å². The van der Waals surface area contributed by atoms with Gasteiger partial charge in [0.2, 0.25) is 0 Å². The molecule has 0 saturated carbocycles. The lowest BCUT2D eigenvalue weighted by atomic mass is 9.84. The normalized spacial score (nSPS) is 11.4. The Balaban J connectivity index is 2.11. The molecular weight excluding hydrogens is 871 g/mol. The fourth-order valence-electron chi connectivity index (χ4n) is 3.81. The van der Waals surface area contributed by atoms with Gasteiger partial charge >= 0.3 is 0 Å². The summed E-state index contributed by atoms with van der Waals surface area (Å²) in [5.41, 5.74) is -0.218. The quantitative estimate of drug-likeness (QED) is 0.0889. The molecule has 0 aliphatic rings. The lowest BCUT2D eigenvalue weighted by Crippen LogP contribution is -2.16. The summed E-state index contributed by atoms with van der Waals surface area (Å²) in [5.74, 6) is -0.859. The summed E-state index contributed by atoms with van der Waals surface area (Å²) < 4.78 is 0. The Morgan fingerprint density at radius 1 is 0.419 bits per heavy atom.